The van der Waals surface area contributed by atoms with Crippen LogP contribution in [-0.4, -0.2) is 23.8 Å². The minimum Gasteiger partial charge on any atom is -0.349 e. The number of hydrogen-bond acceptors (Lipinski definition) is 2. The van der Waals surface area contributed by atoms with Gasteiger partial charge in [0.2, 0.25) is 0 Å². The molecule has 3 heteroatoms. The first-order valence-electron chi connectivity index (χ1n) is 6.79. The second-order valence-electron chi connectivity index (χ2n) is 5.42. The summed E-state index contributed by atoms with van der Waals surface area (Å²) in [5.74, 6) is 0.723. The number of hydrogen-bond donors (Lipinski definition) is 2. The van der Waals surface area contributed by atoms with Gasteiger partial charge in [0.1, 0.15) is 0 Å². The standard InChI is InChI=1S/C15H18N2S/c1-18-15-11-8-13-9(5-3-7-16-13)10-4-2-6-12(17-15)14(10)11/h2,4,6,9,13,16-17H,3,5,7-8H2,1H3/t9-,13-/m1/s1. The molecule has 0 spiro atoms. The van der Waals surface area contributed by atoms with Crippen LogP contribution in [0.25, 0.3) is 10.9 Å². The molecule has 1 aliphatic carbocycles. The number of thioether (sulfide) groups is 1. The summed E-state index contributed by atoms with van der Waals surface area (Å²) in [4.78, 5) is 3.59. The first kappa shape index (κ1) is 10.9. The number of H-pyrrole nitrogens is 1. The Balaban J connectivity index is 1.98. The first-order chi connectivity index (χ1) is 8.88. The van der Waals surface area contributed by atoms with Gasteiger partial charge in [-0.15, -0.1) is 11.8 Å². The molecule has 2 aromatic rings. The molecule has 94 valence electrons. The van der Waals surface area contributed by atoms with Crippen LogP contribution < -0.4 is 5.32 Å². The minimum absolute atomic E-state index is 0.651. The maximum atomic E-state index is 3.72. The lowest BCUT2D eigenvalue weighted by molar-refractivity contribution is 0.344. The average Bonchev–Trinajstić information content (AvgIpc) is 2.79. The van der Waals surface area contributed by atoms with E-state index in [9.17, 15) is 0 Å². The highest BCUT2D eigenvalue weighted by molar-refractivity contribution is 7.98. The number of nitrogens with one attached hydrogen (secondary N) is 2. The van der Waals surface area contributed by atoms with E-state index in [0.717, 1.165) is 5.92 Å². The molecule has 2 N–H and O–H groups in total. The van der Waals surface area contributed by atoms with E-state index in [1.165, 1.54) is 41.7 Å². The number of aromatic nitrogens is 1. The van der Waals surface area contributed by atoms with Crippen molar-refractivity contribution in [3.05, 3.63) is 29.3 Å². The Morgan fingerprint density at radius 1 is 1.33 bits per heavy atom. The maximum absolute atomic E-state index is 3.72. The molecule has 18 heavy (non-hydrogen) atoms. The molecule has 0 amide bonds. The van der Waals surface area contributed by atoms with Crippen molar-refractivity contribution in [1.82, 2.24) is 10.3 Å². The predicted molar refractivity (Wildman–Crippen MR) is 77.5 cm³/mol. The summed E-state index contributed by atoms with van der Waals surface area (Å²) in [6.07, 6.45) is 6.02. The summed E-state index contributed by atoms with van der Waals surface area (Å²) >= 11 is 1.84. The van der Waals surface area contributed by atoms with Crippen molar-refractivity contribution in [2.45, 2.75) is 36.2 Å². The molecule has 0 bridgehead atoms. The Kier molecular flexibility index (Phi) is 2.45. The van der Waals surface area contributed by atoms with E-state index >= 15 is 0 Å². The summed E-state index contributed by atoms with van der Waals surface area (Å²) in [5.41, 5.74) is 4.45. The van der Waals surface area contributed by atoms with Gasteiger partial charge in [-0.1, -0.05) is 12.1 Å². The molecular weight excluding hydrogens is 240 g/mol. The summed E-state index contributed by atoms with van der Waals surface area (Å²) in [5, 5.41) is 6.61. The molecule has 4 rings (SSSR count). The second-order valence-corrected chi connectivity index (χ2v) is 6.24. The molecule has 2 atom stereocenters. The topological polar surface area (TPSA) is 27.8 Å². The van der Waals surface area contributed by atoms with Crippen LogP contribution in [0.5, 0.6) is 0 Å². The van der Waals surface area contributed by atoms with E-state index in [4.69, 9.17) is 0 Å². The van der Waals surface area contributed by atoms with Crippen molar-refractivity contribution in [1.29, 1.82) is 0 Å². The lowest BCUT2D eigenvalue weighted by Gasteiger charge is -2.36. The zero-order valence-corrected chi connectivity index (χ0v) is 11.4. The Morgan fingerprint density at radius 3 is 3.17 bits per heavy atom. The van der Waals surface area contributed by atoms with E-state index in [-0.39, 0.29) is 0 Å². The Labute approximate surface area is 112 Å². The maximum Gasteiger partial charge on any atom is 0.0763 e. The Hall–Kier alpha value is -0.930. The zero-order valence-electron chi connectivity index (χ0n) is 10.6. The van der Waals surface area contributed by atoms with E-state index in [1.54, 1.807) is 11.1 Å². The van der Waals surface area contributed by atoms with Gasteiger partial charge < -0.3 is 10.3 Å². The molecule has 2 heterocycles. The normalized spacial score (nSPS) is 26.3. The van der Waals surface area contributed by atoms with E-state index < -0.39 is 0 Å². The van der Waals surface area contributed by atoms with Crippen LogP contribution in [0.3, 0.4) is 0 Å². The quantitative estimate of drug-likeness (QED) is 0.768. The largest absolute Gasteiger partial charge is 0.349 e. The molecule has 0 radical (unpaired) electrons. The zero-order chi connectivity index (χ0) is 12.1. The molecule has 1 aromatic heterocycles. The lowest BCUT2D eigenvalue weighted by atomic mass is 9.76. The van der Waals surface area contributed by atoms with Crippen LogP contribution in [0.2, 0.25) is 0 Å². The van der Waals surface area contributed by atoms with Gasteiger partial charge in [0.15, 0.2) is 0 Å². The van der Waals surface area contributed by atoms with Crippen LogP contribution in [0.15, 0.2) is 23.2 Å². The predicted octanol–water partition coefficient (Wildman–Crippen LogP) is 3.28. The summed E-state index contributed by atoms with van der Waals surface area (Å²) in [6, 6.07) is 7.42. The number of aromatic amines is 1. The molecule has 0 unspecified atom stereocenters. The highest BCUT2D eigenvalue weighted by atomic mass is 32.2. The van der Waals surface area contributed by atoms with Gasteiger partial charge >= 0.3 is 0 Å². The van der Waals surface area contributed by atoms with Crippen molar-refractivity contribution in [2.75, 3.05) is 12.8 Å². The Bertz CT molecular complexity index is 602. The fourth-order valence-electron chi connectivity index (χ4n) is 3.76. The van der Waals surface area contributed by atoms with E-state index in [1.807, 2.05) is 11.8 Å². The van der Waals surface area contributed by atoms with Gasteiger partial charge in [-0.2, -0.15) is 0 Å². The summed E-state index contributed by atoms with van der Waals surface area (Å²) in [6.45, 7) is 1.19. The van der Waals surface area contributed by atoms with Crippen molar-refractivity contribution in [2.24, 2.45) is 0 Å². The van der Waals surface area contributed by atoms with Crippen LogP contribution in [-0.2, 0) is 6.42 Å². The third-order valence-electron chi connectivity index (χ3n) is 4.53. The van der Waals surface area contributed by atoms with Crippen LogP contribution in [0.1, 0.15) is 29.9 Å². The second kappa shape index (κ2) is 4.04. The summed E-state index contributed by atoms with van der Waals surface area (Å²) < 4.78 is 0. The molecule has 1 fully saturated rings. The van der Waals surface area contributed by atoms with Gasteiger partial charge in [-0.05, 0) is 49.3 Å². The van der Waals surface area contributed by atoms with Crippen molar-refractivity contribution >= 4 is 22.7 Å². The molecule has 2 nitrogen and oxygen atoms in total. The van der Waals surface area contributed by atoms with Crippen molar-refractivity contribution in [3.63, 3.8) is 0 Å². The molecule has 0 saturated carbocycles. The van der Waals surface area contributed by atoms with Crippen LogP contribution in [0.4, 0.5) is 0 Å². The van der Waals surface area contributed by atoms with Gasteiger partial charge in [0, 0.05) is 22.9 Å². The molecular formula is C15H18N2S. The van der Waals surface area contributed by atoms with Gasteiger partial charge in [0.25, 0.3) is 0 Å². The first-order valence-corrected chi connectivity index (χ1v) is 8.02. The van der Waals surface area contributed by atoms with Crippen LogP contribution in [0, 0.1) is 0 Å². The lowest BCUT2D eigenvalue weighted by Crippen LogP contribution is -2.43. The molecule has 2 aliphatic rings. The third-order valence-corrected chi connectivity index (χ3v) is 5.29. The SMILES string of the molecule is CSc1[nH]c2cccc3c2c1C[C@H]1NCCC[C@H]31. The average molecular weight is 258 g/mol. The van der Waals surface area contributed by atoms with Gasteiger partial charge in [-0.25, -0.2) is 0 Å². The van der Waals surface area contributed by atoms with Gasteiger partial charge in [0.05, 0.1) is 5.03 Å². The van der Waals surface area contributed by atoms with E-state index in [0.29, 0.717) is 6.04 Å². The minimum atomic E-state index is 0.651. The van der Waals surface area contributed by atoms with Crippen LogP contribution >= 0.6 is 11.8 Å². The summed E-state index contributed by atoms with van der Waals surface area (Å²) in [7, 11) is 0. The van der Waals surface area contributed by atoms with Gasteiger partial charge in [-0.3, -0.25) is 0 Å². The fourth-order valence-corrected chi connectivity index (χ4v) is 4.40. The number of rotatable bonds is 1. The third kappa shape index (κ3) is 1.41. The highest BCUT2D eigenvalue weighted by Gasteiger charge is 2.34. The number of benzene rings is 1. The monoisotopic (exact) mass is 258 g/mol. The van der Waals surface area contributed by atoms with Crippen molar-refractivity contribution < 1.29 is 0 Å². The van der Waals surface area contributed by atoms with E-state index in [2.05, 4.69) is 34.8 Å². The fraction of sp³-hybridized carbons (Fsp3) is 0.467. The molecule has 1 saturated heterocycles. The highest BCUT2D eigenvalue weighted by Crippen LogP contribution is 2.43. The smallest absolute Gasteiger partial charge is 0.0763 e. The van der Waals surface area contributed by atoms with Crippen molar-refractivity contribution in [3.8, 4) is 0 Å². The molecule has 1 aromatic carbocycles. The molecule has 1 aliphatic heterocycles. The number of piperidine rings is 1. The number of fused-ring (bicyclic) bond motifs is 2. The Morgan fingerprint density at radius 2 is 2.28 bits per heavy atom.